The summed E-state index contributed by atoms with van der Waals surface area (Å²) in [6.07, 6.45) is 6.81. The van der Waals surface area contributed by atoms with Crippen molar-refractivity contribution in [1.82, 2.24) is 0 Å². The van der Waals surface area contributed by atoms with Crippen molar-refractivity contribution in [3.63, 3.8) is 0 Å². The van der Waals surface area contributed by atoms with Crippen LogP contribution in [0.3, 0.4) is 0 Å². The highest BCUT2D eigenvalue weighted by Crippen LogP contribution is 2.32. The van der Waals surface area contributed by atoms with Crippen molar-refractivity contribution in [3.8, 4) is 0 Å². The summed E-state index contributed by atoms with van der Waals surface area (Å²) in [5.41, 5.74) is 1.23. The molecule has 3 atom stereocenters. The normalized spacial score (nSPS) is 23.3. The molecule has 0 aromatic heterocycles. The van der Waals surface area contributed by atoms with Crippen molar-refractivity contribution in [3.05, 3.63) is 23.3 Å². The molecule has 1 saturated heterocycles. The highest BCUT2D eigenvalue weighted by Gasteiger charge is 2.41. The summed E-state index contributed by atoms with van der Waals surface area (Å²) in [4.78, 5) is 22.3. The number of esters is 1. The van der Waals surface area contributed by atoms with E-state index in [-0.39, 0.29) is 11.8 Å². The molecule has 0 amide bonds. The fraction of sp³-hybridized carbons (Fsp3) is 0.714. The summed E-state index contributed by atoms with van der Waals surface area (Å²) in [5, 5.41) is 29.2. The third-order valence-corrected chi connectivity index (χ3v) is 5.03. The third-order valence-electron chi connectivity index (χ3n) is 5.03. The molecular weight excluding hydrogens is 348 g/mol. The Labute approximate surface area is 161 Å². The Kier molecular flexibility index (Phi) is 9.91. The number of cyclic esters (lactones) is 1. The molecule has 6 nitrogen and oxygen atoms in total. The second-order valence-corrected chi connectivity index (χ2v) is 7.77. The molecule has 27 heavy (non-hydrogen) atoms. The first-order valence-corrected chi connectivity index (χ1v) is 9.69. The number of rotatable bonds is 12. The number of unbranched alkanes of at least 4 members (excludes halogenated alkanes) is 1. The Balaban J connectivity index is 2.36. The number of aliphatic hydroxyl groups is 3. The van der Waals surface area contributed by atoms with Crippen LogP contribution in [0.15, 0.2) is 23.3 Å². The van der Waals surface area contributed by atoms with Gasteiger partial charge in [-0.1, -0.05) is 23.3 Å². The van der Waals surface area contributed by atoms with Crippen molar-refractivity contribution >= 4 is 11.8 Å². The van der Waals surface area contributed by atoms with E-state index in [4.69, 9.17) is 9.84 Å². The van der Waals surface area contributed by atoms with Crippen molar-refractivity contribution in [1.29, 1.82) is 0 Å². The first-order chi connectivity index (χ1) is 12.7. The zero-order valence-corrected chi connectivity index (χ0v) is 16.7. The van der Waals surface area contributed by atoms with Crippen LogP contribution in [0, 0.1) is 0 Å². The summed E-state index contributed by atoms with van der Waals surface area (Å²) in [6, 6.07) is 0. The van der Waals surface area contributed by atoms with Crippen molar-refractivity contribution in [2.75, 3.05) is 6.61 Å². The van der Waals surface area contributed by atoms with E-state index in [0.717, 1.165) is 17.6 Å². The van der Waals surface area contributed by atoms with Gasteiger partial charge in [-0.3, -0.25) is 9.59 Å². The lowest BCUT2D eigenvalue weighted by atomic mass is 9.91. The van der Waals surface area contributed by atoms with Crippen LogP contribution in [0.4, 0.5) is 0 Å². The molecule has 1 aliphatic heterocycles. The minimum absolute atomic E-state index is 0.150. The summed E-state index contributed by atoms with van der Waals surface area (Å²) in [6.45, 7) is 5.22. The highest BCUT2D eigenvalue weighted by molar-refractivity contribution is 5.79. The number of Topliss-reactive ketones (excluding diaryl/α,β-unsaturated/α-hetero) is 1. The fourth-order valence-electron chi connectivity index (χ4n) is 3.23. The Bertz CT molecular complexity index is 565. The SMILES string of the molecule is CC(=C[C@@H](O)CC(C)=CCCCC(=O)CO)CC[C@@H](O)[C@]1(C)CCC(=O)O1. The summed E-state index contributed by atoms with van der Waals surface area (Å²) < 4.78 is 5.25. The lowest BCUT2D eigenvalue weighted by molar-refractivity contribution is -0.156. The monoisotopic (exact) mass is 382 g/mol. The van der Waals surface area contributed by atoms with E-state index < -0.39 is 24.4 Å². The summed E-state index contributed by atoms with van der Waals surface area (Å²) in [7, 11) is 0. The number of hydrogen-bond donors (Lipinski definition) is 3. The molecule has 1 heterocycles. The molecule has 1 fully saturated rings. The van der Waals surface area contributed by atoms with Crippen LogP contribution < -0.4 is 0 Å². The number of aliphatic hydroxyl groups excluding tert-OH is 3. The van der Waals surface area contributed by atoms with Gasteiger partial charge in [0.1, 0.15) is 12.2 Å². The lowest BCUT2D eigenvalue weighted by Gasteiger charge is -2.28. The molecule has 3 N–H and O–H groups in total. The molecule has 0 spiro atoms. The first kappa shape index (κ1) is 23.5. The molecule has 0 bridgehead atoms. The van der Waals surface area contributed by atoms with Crippen LogP contribution in [-0.2, 0) is 14.3 Å². The van der Waals surface area contributed by atoms with E-state index in [1.165, 1.54) is 0 Å². The van der Waals surface area contributed by atoms with Gasteiger partial charge in [0.2, 0.25) is 0 Å². The van der Waals surface area contributed by atoms with Crippen molar-refractivity contribution in [2.45, 2.75) is 89.9 Å². The minimum atomic E-state index is -0.799. The predicted octanol–water partition coefficient (Wildman–Crippen LogP) is 2.60. The second kappa shape index (κ2) is 11.4. The Morgan fingerprint density at radius 3 is 2.56 bits per heavy atom. The number of ether oxygens (including phenoxy) is 1. The predicted molar refractivity (Wildman–Crippen MR) is 103 cm³/mol. The largest absolute Gasteiger partial charge is 0.457 e. The molecule has 0 saturated carbocycles. The molecule has 0 radical (unpaired) electrons. The van der Waals surface area contributed by atoms with Crippen LogP contribution in [0.5, 0.6) is 0 Å². The molecule has 0 unspecified atom stereocenters. The van der Waals surface area contributed by atoms with Gasteiger partial charge in [-0.05, 0) is 59.3 Å². The number of carbonyl (C=O) groups excluding carboxylic acids is 2. The van der Waals surface area contributed by atoms with Gasteiger partial charge in [0.05, 0.1) is 12.2 Å². The van der Waals surface area contributed by atoms with Gasteiger partial charge in [-0.25, -0.2) is 0 Å². The fourth-order valence-corrected chi connectivity index (χ4v) is 3.23. The number of carbonyl (C=O) groups is 2. The molecule has 0 aliphatic carbocycles. The maximum absolute atomic E-state index is 11.3. The topological polar surface area (TPSA) is 104 Å². The van der Waals surface area contributed by atoms with E-state index in [2.05, 4.69) is 0 Å². The summed E-state index contributed by atoms with van der Waals surface area (Å²) >= 11 is 0. The first-order valence-electron chi connectivity index (χ1n) is 9.69. The number of allylic oxidation sites excluding steroid dienone is 2. The van der Waals surface area contributed by atoms with Gasteiger partial charge in [-0.15, -0.1) is 0 Å². The van der Waals surface area contributed by atoms with Crippen molar-refractivity contribution in [2.24, 2.45) is 0 Å². The highest BCUT2D eigenvalue weighted by atomic mass is 16.6. The van der Waals surface area contributed by atoms with Crippen LogP contribution >= 0.6 is 0 Å². The third kappa shape index (κ3) is 8.82. The molecule has 0 aromatic carbocycles. The van der Waals surface area contributed by atoms with E-state index in [1.807, 2.05) is 19.9 Å². The van der Waals surface area contributed by atoms with Gasteiger partial charge >= 0.3 is 5.97 Å². The lowest BCUT2D eigenvalue weighted by Crippen LogP contribution is -2.39. The van der Waals surface area contributed by atoms with E-state index >= 15 is 0 Å². The van der Waals surface area contributed by atoms with Crippen LogP contribution in [-0.4, -0.2) is 51.5 Å². The molecule has 1 aliphatic rings. The van der Waals surface area contributed by atoms with Crippen LogP contribution in [0.2, 0.25) is 0 Å². The molecule has 154 valence electrons. The maximum atomic E-state index is 11.3. The standard InChI is InChI=1S/C21H34O6/c1-15(6-4-5-7-17(23)14-22)12-18(24)13-16(2)8-9-19(25)21(3)11-10-20(26)27-21/h6,13,18-19,22,24-25H,4-5,7-12,14H2,1-3H3/t18-,19+,21-/m0/s1. The second-order valence-electron chi connectivity index (χ2n) is 7.77. The average molecular weight is 382 g/mol. The van der Waals surface area contributed by atoms with Crippen LogP contribution in [0.25, 0.3) is 0 Å². The molecule has 6 heteroatoms. The smallest absolute Gasteiger partial charge is 0.306 e. The number of hydrogen-bond acceptors (Lipinski definition) is 6. The Morgan fingerprint density at radius 1 is 1.26 bits per heavy atom. The van der Waals surface area contributed by atoms with Crippen LogP contribution in [0.1, 0.15) is 72.1 Å². The Morgan fingerprint density at radius 2 is 1.96 bits per heavy atom. The zero-order chi connectivity index (χ0) is 20.4. The Hall–Kier alpha value is -1.50. The maximum Gasteiger partial charge on any atom is 0.306 e. The van der Waals surface area contributed by atoms with E-state index in [1.54, 1.807) is 13.0 Å². The van der Waals surface area contributed by atoms with Crippen molar-refractivity contribution < 1.29 is 29.6 Å². The number of ketones is 1. The molecular formula is C21H34O6. The van der Waals surface area contributed by atoms with Gasteiger partial charge in [0.25, 0.3) is 0 Å². The molecule has 1 rings (SSSR count). The molecule has 0 aromatic rings. The minimum Gasteiger partial charge on any atom is -0.457 e. The van der Waals surface area contributed by atoms with Gasteiger partial charge in [-0.2, -0.15) is 0 Å². The van der Waals surface area contributed by atoms with Gasteiger partial charge < -0.3 is 20.1 Å². The quantitative estimate of drug-likeness (QED) is 0.272. The van der Waals surface area contributed by atoms with E-state index in [9.17, 15) is 19.8 Å². The van der Waals surface area contributed by atoms with Gasteiger partial charge in [0.15, 0.2) is 5.78 Å². The zero-order valence-electron chi connectivity index (χ0n) is 16.7. The van der Waals surface area contributed by atoms with E-state index in [0.29, 0.717) is 44.9 Å². The average Bonchev–Trinajstić information content (AvgIpc) is 2.96. The van der Waals surface area contributed by atoms with Gasteiger partial charge in [0, 0.05) is 12.8 Å². The summed E-state index contributed by atoms with van der Waals surface area (Å²) in [5.74, 6) is -0.412.